The molecule has 1 aliphatic heterocycles. The molecule has 1 saturated carbocycles. The Morgan fingerprint density at radius 1 is 1.44 bits per heavy atom. The molecule has 1 amide bonds. The Morgan fingerprint density at radius 3 is 2.88 bits per heavy atom. The van der Waals surface area contributed by atoms with E-state index in [0.29, 0.717) is 6.04 Å². The van der Waals surface area contributed by atoms with Crippen LogP contribution in [0, 0.1) is 3.57 Å². The molecule has 1 aliphatic carbocycles. The number of benzene rings is 1. The van der Waals surface area contributed by atoms with Gasteiger partial charge in [0.15, 0.2) is 0 Å². The van der Waals surface area contributed by atoms with Crippen LogP contribution in [0.3, 0.4) is 0 Å². The van der Waals surface area contributed by atoms with Gasteiger partial charge in [-0.15, -0.1) is 0 Å². The molecule has 6 heteroatoms. The van der Waals surface area contributed by atoms with Crippen LogP contribution in [0.1, 0.15) is 23.2 Å². The van der Waals surface area contributed by atoms with Gasteiger partial charge >= 0.3 is 100 Å². The SMILES string of the molecule is [N-]=[N+]=NI1c2ccccc2C(=O)N1C1CC1. The van der Waals surface area contributed by atoms with Crippen LogP contribution >= 0.6 is 20.4 Å². The molecule has 0 spiro atoms. The van der Waals surface area contributed by atoms with Crippen LogP contribution in [0.2, 0.25) is 0 Å². The Balaban J connectivity index is 2.11. The van der Waals surface area contributed by atoms with Crippen LogP contribution in [0.25, 0.3) is 10.4 Å². The van der Waals surface area contributed by atoms with Crippen molar-refractivity contribution in [3.63, 3.8) is 0 Å². The van der Waals surface area contributed by atoms with Gasteiger partial charge in [-0.2, -0.15) is 0 Å². The first kappa shape index (κ1) is 9.92. The number of hydrogen-bond acceptors (Lipinski definition) is 2. The summed E-state index contributed by atoms with van der Waals surface area (Å²) in [6.07, 6.45) is 2.10. The third-order valence-corrected chi connectivity index (χ3v) is 7.42. The Morgan fingerprint density at radius 2 is 2.19 bits per heavy atom. The fourth-order valence-corrected chi connectivity index (χ4v) is 6.40. The maximum absolute atomic E-state index is 12.1. The van der Waals surface area contributed by atoms with Gasteiger partial charge in [0.05, 0.1) is 0 Å². The summed E-state index contributed by atoms with van der Waals surface area (Å²) in [5, 5.41) is 0. The summed E-state index contributed by atoms with van der Waals surface area (Å²) in [7, 11) is 0. The second kappa shape index (κ2) is 3.64. The first-order valence-corrected chi connectivity index (χ1v) is 8.02. The number of carbonyl (C=O) groups is 1. The molecule has 1 fully saturated rings. The third kappa shape index (κ3) is 1.37. The molecular formula is C10H9IN4O. The van der Waals surface area contributed by atoms with E-state index in [1.54, 1.807) is 0 Å². The van der Waals surface area contributed by atoms with Crippen molar-refractivity contribution >= 4 is 26.3 Å². The molecule has 1 aromatic rings. The van der Waals surface area contributed by atoms with E-state index in [-0.39, 0.29) is 5.91 Å². The number of azide groups is 1. The number of halogens is 1. The molecule has 0 atom stereocenters. The van der Waals surface area contributed by atoms with Crippen molar-refractivity contribution in [1.29, 1.82) is 0 Å². The zero-order valence-electron chi connectivity index (χ0n) is 8.38. The predicted molar refractivity (Wildman–Crippen MR) is 67.5 cm³/mol. The van der Waals surface area contributed by atoms with E-state index in [1.165, 1.54) is 0 Å². The van der Waals surface area contributed by atoms with Gasteiger partial charge in [0.25, 0.3) is 0 Å². The number of rotatable bonds is 2. The number of fused-ring (bicyclic) bond motifs is 1. The summed E-state index contributed by atoms with van der Waals surface area (Å²) in [6.45, 7) is 0. The van der Waals surface area contributed by atoms with Gasteiger partial charge in [0.2, 0.25) is 0 Å². The van der Waals surface area contributed by atoms with Gasteiger partial charge in [-0.1, -0.05) is 0 Å². The van der Waals surface area contributed by atoms with Crippen molar-refractivity contribution in [3.05, 3.63) is 43.8 Å². The normalized spacial score (nSPS) is 20.6. The molecule has 82 valence electrons. The van der Waals surface area contributed by atoms with E-state index in [1.807, 2.05) is 27.4 Å². The molecule has 0 aromatic heterocycles. The van der Waals surface area contributed by atoms with E-state index in [2.05, 4.69) is 8.24 Å². The second-order valence-electron chi connectivity index (χ2n) is 3.74. The number of hydrogen-bond donors (Lipinski definition) is 0. The molecule has 1 aromatic carbocycles. The molecule has 0 bridgehead atoms. The average Bonchev–Trinajstić information content (AvgIpc) is 3.09. The Kier molecular flexibility index (Phi) is 2.26. The molecular weight excluding hydrogens is 319 g/mol. The van der Waals surface area contributed by atoms with Crippen LogP contribution in [-0.2, 0) is 0 Å². The number of carbonyl (C=O) groups excluding carboxylic acids is 1. The van der Waals surface area contributed by atoms with Crippen LogP contribution in [0.15, 0.2) is 27.6 Å². The summed E-state index contributed by atoms with van der Waals surface area (Å²) < 4.78 is 6.76. The average molecular weight is 328 g/mol. The monoisotopic (exact) mass is 328 g/mol. The van der Waals surface area contributed by atoms with Gasteiger partial charge in [0, 0.05) is 0 Å². The molecule has 0 saturated heterocycles. The molecule has 1 heterocycles. The minimum atomic E-state index is -2.15. The fourth-order valence-electron chi connectivity index (χ4n) is 1.77. The van der Waals surface area contributed by atoms with Crippen molar-refractivity contribution in [2.75, 3.05) is 0 Å². The van der Waals surface area contributed by atoms with Gasteiger partial charge < -0.3 is 0 Å². The van der Waals surface area contributed by atoms with Crippen molar-refractivity contribution in [2.45, 2.75) is 18.9 Å². The van der Waals surface area contributed by atoms with Gasteiger partial charge in [-0.05, 0) is 0 Å². The zero-order chi connectivity index (χ0) is 11.1. The molecule has 2 aliphatic rings. The maximum atomic E-state index is 12.1. The topological polar surface area (TPSA) is 69.1 Å². The molecule has 0 N–H and O–H groups in total. The molecule has 5 nitrogen and oxygen atoms in total. The van der Waals surface area contributed by atoms with Gasteiger partial charge in [-0.25, -0.2) is 0 Å². The summed E-state index contributed by atoms with van der Waals surface area (Å²) in [5.74, 6) is 0.0655. The Labute approximate surface area is 100 Å². The molecule has 0 unspecified atom stereocenters. The Hall–Kier alpha value is -1.27. The fraction of sp³-hybridized carbons (Fsp3) is 0.300. The Bertz CT molecular complexity index is 507. The van der Waals surface area contributed by atoms with E-state index in [4.69, 9.17) is 5.53 Å². The van der Waals surface area contributed by atoms with Crippen LogP contribution in [0.4, 0.5) is 0 Å². The van der Waals surface area contributed by atoms with Crippen molar-refractivity contribution in [2.24, 2.45) is 3.33 Å². The van der Waals surface area contributed by atoms with Gasteiger partial charge in [0.1, 0.15) is 0 Å². The zero-order valence-corrected chi connectivity index (χ0v) is 10.5. The summed E-state index contributed by atoms with van der Waals surface area (Å²) in [4.78, 5) is 15.1. The predicted octanol–water partition coefficient (Wildman–Crippen LogP) is 3.12. The van der Waals surface area contributed by atoms with Gasteiger partial charge in [-0.3, -0.25) is 0 Å². The summed E-state index contributed by atoms with van der Waals surface area (Å²) in [6, 6.07) is 7.85. The molecule has 0 radical (unpaired) electrons. The van der Waals surface area contributed by atoms with E-state index >= 15 is 0 Å². The quantitative estimate of drug-likeness (QED) is 0.270. The van der Waals surface area contributed by atoms with Crippen molar-refractivity contribution < 1.29 is 4.79 Å². The van der Waals surface area contributed by atoms with E-state index < -0.39 is 20.4 Å². The van der Waals surface area contributed by atoms with E-state index in [9.17, 15) is 4.79 Å². The number of amides is 1. The summed E-state index contributed by atoms with van der Waals surface area (Å²) in [5.41, 5.74) is 9.36. The minimum absolute atomic E-state index is 0.0655. The first-order chi connectivity index (χ1) is 7.83. The van der Waals surface area contributed by atoms with Crippen LogP contribution in [0.5, 0.6) is 0 Å². The third-order valence-electron chi connectivity index (χ3n) is 2.63. The second-order valence-corrected chi connectivity index (χ2v) is 7.77. The van der Waals surface area contributed by atoms with Crippen molar-refractivity contribution in [3.8, 4) is 0 Å². The van der Waals surface area contributed by atoms with E-state index in [0.717, 1.165) is 22.0 Å². The number of nitrogens with zero attached hydrogens (tertiary/aromatic N) is 4. The van der Waals surface area contributed by atoms with Crippen LogP contribution in [-0.4, -0.2) is 15.1 Å². The first-order valence-electron chi connectivity index (χ1n) is 5.01. The molecule has 16 heavy (non-hydrogen) atoms. The summed E-state index contributed by atoms with van der Waals surface area (Å²) >= 11 is -2.15. The molecule has 3 rings (SSSR count). The van der Waals surface area contributed by atoms with Crippen LogP contribution < -0.4 is 0 Å². The van der Waals surface area contributed by atoms with Crippen molar-refractivity contribution in [1.82, 2.24) is 3.11 Å². The standard InChI is InChI=1S/C10H9IN4O/c12-14-13-11-9-4-2-1-3-8(9)10(16)15(11)7-5-6-7/h1-4,7H,5-6H2.